The number of aryl methyl sites for hydroxylation is 3. The summed E-state index contributed by atoms with van der Waals surface area (Å²) in [6.45, 7) is 6.12. The minimum absolute atomic E-state index is 0.0412. The lowest BCUT2D eigenvalue weighted by molar-refractivity contribution is -0.135. The molecule has 0 saturated carbocycles. The maximum absolute atomic E-state index is 11.9. The van der Waals surface area contributed by atoms with E-state index in [1.807, 2.05) is 26.0 Å². The first kappa shape index (κ1) is 14.6. The summed E-state index contributed by atoms with van der Waals surface area (Å²) >= 11 is 0. The minimum Gasteiger partial charge on any atom is -0.496 e. The first-order chi connectivity index (χ1) is 10.5. The van der Waals surface area contributed by atoms with Crippen molar-refractivity contribution < 1.29 is 14.3 Å². The van der Waals surface area contributed by atoms with Crippen molar-refractivity contribution in [3.8, 4) is 11.5 Å². The highest BCUT2D eigenvalue weighted by molar-refractivity contribution is 5.77. The van der Waals surface area contributed by atoms with Crippen LogP contribution in [0.25, 0.3) is 0 Å². The molecular weight excluding hydrogens is 276 g/mol. The van der Waals surface area contributed by atoms with Crippen molar-refractivity contribution in [2.45, 2.75) is 33.1 Å². The molecule has 0 aromatic heterocycles. The topological polar surface area (TPSA) is 35.5 Å². The Labute approximate surface area is 130 Å². The van der Waals surface area contributed by atoms with Gasteiger partial charge < -0.3 is 9.47 Å². The fourth-order valence-corrected chi connectivity index (χ4v) is 3.28. The van der Waals surface area contributed by atoms with Crippen molar-refractivity contribution in [1.29, 1.82) is 0 Å². The van der Waals surface area contributed by atoms with Gasteiger partial charge in [-0.3, -0.25) is 4.79 Å². The van der Waals surface area contributed by atoms with Crippen LogP contribution in [0.3, 0.4) is 0 Å². The van der Waals surface area contributed by atoms with Gasteiger partial charge in [-0.1, -0.05) is 29.8 Å². The van der Waals surface area contributed by atoms with E-state index in [1.54, 1.807) is 7.11 Å². The van der Waals surface area contributed by atoms with Gasteiger partial charge in [0.1, 0.15) is 11.5 Å². The molecule has 1 atom stereocenters. The Balaban J connectivity index is 2.13. The van der Waals surface area contributed by atoms with Crippen molar-refractivity contribution in [1.82, 2.24) is 0 Å². The number of carbonyl (C=O) groups excluding carboxylic acids is 1. The lowest BCUT2D eigenvalue weighted by atomic mass is 9.84. The molecule has 0 spiro atoms. The Bertz CT molecular complexity index is 723. The number of esters is 1. The molecule has 1 unspecified atom stereocenters. The molecule has 2 aromatic carbocycles. The van der Waals surface area contributed by atoms with E-state index in [1.165, 1.54) is 5.56 Å². The van der Waals surface area contributed by atoms with Gasteiger partial charge in [-0.25, -0.2) is 0 Å². The first-order valence-corrected chi connectivity index (χ1v) is 7.46. The van der Waals surface area contributed by atoms with Crippen molar-refractivity contribution in [3.05, 3.63) is 58.1 Å². The molecule has 3 nitrogen and oxygen atoms in total. The molecule has 3 rings (SSSR count). The number of fused-ring (bicyclic) bond motifs is 1. The van der Waals surface area contributed by atoms with E-state index in [0.29, 0.717) is 12.2 Å². The maximum atomic E-state index is 11.9. The van der Waals surface area contributed by atoms with E-state index in [9.17, 15) is 4.79 Å². The van der Waals surface area contributed by atoms with Gasteiger partial charge in [-0.05, 0) is 43.5 Å². The van der Waals surface area contributed by atoms with E-state index in [-0.39, 0.29) is 11.9 Å². The average molecular weight is 296 g/mol. The molecule has 22 heavy (non-hydrogen) atoms. The molecule has 0 N–H and O–H groups in total. The highest BCUT2D eigenvalue weighted by Crippen LogP contribution is 2.40. The zero-order valence-electron chi connectivity index (χ0n) is 13.4. The Kier molecular flexibility index (Phi) is 3.65. The summed E-state index contributed by atoms with van der Waals surface area (Å²) in [5.41, 5.74) is 5.57. The van der Waals surface area contributed by atoms with Crippen LogP contribution >= 0.6 is 0 Å². The summed E-state index contributed by atoms with van der Waals surface area (Å²) in [4.78, 5) is 11.9. The quantitative estimate of drug-likeness (QED) is 0.619. The molecule has 0 aliphatic carbocycles. The molecule has 1 heterocycles. The van der Waals surface area contributed by atoms with Crippen LogP contribution in [-0.4, -0.2) is 13.1 Å². The molecule has 114 valence electrons. The largest absolute Gasteiger partial charge is 0.496 e. The second kappa shape index (κ2) is 5.48. The van der Waals surface area contributed by atoms with Gasteiger partial charge in [-0.2, -0.15) is 0 Å². The third kappa shape index (κ3) is 2.47. The zero-order valence-corrected chi connectivity index (χ0v) is 13.4. The SMILES string of the molecule is COc1c(C)cc(C2CC(=O)Oc3ccc(C)cc32)cc1C. The van der Waals surface area contributed by atoms with Crippen LogP contribution in [0.1, 0.15) is 40.2 Å². The molecular formula is C19H20O3. The summed E-state index contributed by atoms with van der Waals surface area (Å²) in [6, 6.07) is 10.2. The molecule has 3 heteroatoms. The number of benzene rings is 2. The van der Waals surface area contributed by atoms with E-state index >= 15 is 0 Å². The van der Waals surface area contributed by atoms with Crippen LogP contribution in [0, 0.1) is 20.8 Å². The van der Waals surface area contributed by atoms with E-state index in [2.05, 4.69) is 25.1 Å². The summed E-state index contributed by atoms with van der Waals surface area (Å²) in [6.07, 6.45) is 0.377. The highest BCUT2D eigenvalue weighted by atomic mass is 16.5. The van der Waals surface area contributed by atoms with Crippen LogP contribution < -0.4 is 9.47 Å². The zero-order chi connectivity index (χ0) is 15.9. The fraction of sp³-hybridized carbons (Fsp3) is 0.316. The van der Waals surface area contributed by atoms with Crippen molar-refractivity contribution in [2.24, 2.45) is 0 Å². The van der Waals surface area contributed by atoms with Crippen LogP contribution in [0.2, 0.25) is 0 Å². The van der Waals surface area contributed by atoms with Gasteiger partial charge in [0.25, 0.3) is 0 Å². The number of ether oxygens (including phenoxy) is 2. The normalized spacial score (nSPS) is 16.9. The highest BCUT2D eigenvalue weighted by Gasteiger charge is 2.29. The van der Waals surface area contributed by atoms with E-state index in [0.717, 1.165) is 28.0 Å². The fourth-order valence-electron chi connectivity index (χ4n) is 3.28. The Morgan fingerprint density at radius 3 is 2.41 bits per heavy atom. The molecule has 0 radical (unpaired) electrons. The van der Waals surface area contributed by atoms with Crippen LogP contribution in [0.15, 0.2) is 30.3 Å². The predicted molar refractivity (Wildman–Crippen MR) is 85.7 cm³/mol. The third-order valence-electron chi connectivity index (χ3n) is 4.22. The van der Waals surface area contributed by atoms with Gasteiger partial charge in [0.05, 0.1) is 13.5 Å². The Hall–Kier alpha value is -2.29. The summed E-state index contributed by atoms with van der Waals surface area (Å²) < 4.78 is 10.8. The lowest BCUT2D eigenvalue weighted by Crippen LogP contribution is -2.21. The van der Waals surface area contributed by atoms with Gasteiger partial charge in [0, 0.05) is 11.5 Å². The van der Waals surface area contributed by atoms with E-state index < -0.39 is 0 Å². The second-order valence-electron chi connectivity index (χ2n) is 5.96. The smallest absolute Gasteiger partial charge is 0.312 e. The lowest BCUT2D eigenvalue weighted by Gasteiger charge is -2.26. The number of hydrogen-bond donors (Lipinski definition) is 0. The van der Waals surface area contributed by atoms with Gasteiger partial charge in [0.15, 0.2) is 0 Å². The van der Waals surface area contributed by atoms with Gasteiger partial charge in [-0.15, -0.1) is 0 Å². The molecule has 1 aliphatic heterocycles. The van der Waals surface area contributed by atoms with Crippen molar-refractivity contribution >= 4 is 5.97 Å². The number of methoxy groups -OCH3 is 1. The van der Waals surface area contributed by atoms with Gasteiger partial charge in [0.2, 0.25) is 0 Å². The molecule has 1 aliphatic rings. The predicted octanol–water partition coefficient (Wildman–Crippen LogP) is 4.06. The molecule has 2 aromatic rings. The number of rotatable bonds is 2. The van der Waals surface area contributed by atoms with Crippen LogP contribution in [-0.2, 0) is 4.79 Å². The van der Waals surface area contributed by atoms with Crippen molar-refractivity contribution in [2.75, 3.05) is 7.11 Å². The third-order valence-corrected chi connectivity index (χ3v) is 4.22. The van der Waals surface area contributed by atoms with Gasteiger partial charge >= 0.3 is 5.97 Å². The molecule has 0 saturated heterocycles. The van der Waals surface area contributed by atoms with E-state index in [4.69, 9.17) is 9.47 Å². The Morgan fingerprint density at radius 1 is 1.09 bits per heavy atom. The molecule has 0 fully saturated rings. The Morgan fingerprint density at radius 2 is 1.77 bits per heavy atom. The molecule has 0 amide bonds. The van der Waals surface area contributed by atoms with Crippen LogP contribution in [0.5, 0.6) is 11.5 Å². The van der Waals surface area contributed by atoms with Crippen LogP contribution in [0.4, 0.5) is 0 Å². The summed E-state index contributed by atoms with van der Waals surface area (Å²) in [5, 5.41) is 0. The number of carbonyl (C=O) groups is 1. The minimum atomic E-state index is -0.174. The summed E-state index contributed by atoms with van der Waals surface area (Å²) in [7, 11) is 1.69. The van der Waals surface area contributed by atoms with Crippen molar-refractivity contribution in [3.63, 3.8) is 0 Å². The molecule has 0 bridgehead atoms. The standard InChI is InChI=1S/C19H20O3/c1-11-5-6-17-16(7-11)15(10-18(20)22-17)14-8-12(2)19(21-4)13(3)9-14/h5-9,15H,10H2,1-4H3. The average Bonchev–Trinajstić information content (AvgIpc) is 2.46. The second-order valence-corrected chi connectivity index (χ2v) is 5.96. The number of hydrogen-bond acceptors (Lipinski definition) is 3. The maximum Gasteiger partial charge on any atom is 0.312 e. The summed E-state index contributed by atoms with van der Waals surface area (Å²) in [5.74, 6) is 1.46. The first-order valence-electron chi connectivity index (χ1n) is 7.46. The monoisotopic (exact) mass is 296 g/mol.